The number of amides is 1. The first-order valence-electron chi connectivity index (χ1n) is 9.11. The molecule has 2 aromatic carbocycles. The lowest BCUT2D eigenvalue weighted by Gasteiger charge is -2.21. The summed E-state index contributed by atoms with van der Waals surface area (Å²) in [6, 6.07) is 14.8. The van der Waals surface area contributed by atoms with Gasteiger partial charge >= 0.3 is 0 Å². The summed E-state index contributed by atoms with van der Waals surface area (Å²) in [5.41, 5.74) is 2.52. The van der Waals surface area contributed by atoms with Gasteiger partial charge in [-0.15, -0.1) is 0 Å². The van der Waals surface area contributed by atoms with Crippen LogP contribution in [0.3, 0.4) is 0 Å². The highest BCUT2D eigenvalue weighted by molar-refractivity contribution is 7.89. The molecule has 0 aromatic heterocycles. The second-order valence-corrected chi connectivity index (χ2v) is 8.97. The van der Waals surface area contributed by atoms with E-state index in [0.717, 1.165) is 12.0 Å². The minimum absolute atomic E-state index is 0.152. The lowest BCUT2D eigenvalue weighted by atomic mass is 9.89. The molecule has 146 valence electrons. The average molecular weight is 389 g/mol. The fraction of sp³-hybridized carbons (Fsp3) is 0.381. The molecule has 1 amide bonds. The summed E-state index contributed by atoms with van der Waals surface area (Å²) in [6.07, 6.45) is 0.812. The van der Waals surface area contributed by atoms with Gasteiger partial charge in [-0.3, -0.25) is 4.79 Å². The number of sulfonamides is 1. The molecule has 0 fully saturated rings. The van der Waals surface area contributed by atoms with E-state index in [9.17, 15) is 13.2 Å². The van der Waals surface area contributed by atoms with Crippen molar-refractivity contribution in [2.24, 2.45) is 11.8 Å². The quantitative estimate of drug-likeness (QED) is 0.723. The number of benzene rings is 2. The number of carbonyl (C=O) groups is 1. The predicted octanol–water partition coefficient (Wildman–Crippen LogP) is 3.75. The standard InChI is InChI=1S/C21H28N2O3S/c1-15(2)19(12-18-8-6-5-7-9-18)14-22-27(25,26)20-11-10-16(3)21(13-20)23-17(4)24/h5-11,13,15,19,22H,12,14H2,1-4H3,(H,23,24). The molecular weight excluding hydrogens is 360 g/mol. The molecule has 0 spiro atoms. The average Bonchev–Trinajstić information content (AvgIpc) is 2.60. The Morgan fingerprint density at radius 3 is 2.33 bits per heavy atom. The van der Waals surface area contributed by atoms with Gasteiger partial charge in [-0.25, -0.2) is 13.1 Å². The van der Waals surface area contributed by atoms with Crippen LogP contribution < -0.4 is 10.0 Å². The second kappa shape index (κ2) is 9.15. The molecule has 0 heterocycles. The predicted molar refractivity (Wildman–Crippen MR) is 109 cm³/mol. The van der Waals surface area contributed by atoms with Crippen molar-refractivity contribution in [2.45, 2.75) is 39.0 Å². The lowest BCUT2D eigenvalue weighted by molar-refractivity contribution is -0.114. The SMILES string of the molecule is CC(=O)Nc1cc(S(=O)(=O)NCC(Cc2ccccc2)C(C)C)ccc1C. The van der Waals surface area contributed by atoms with E-state index in [1.807, 2.05) is 25.1 Å². The van der Waals surface area contributed by atoms with Gasteiger partial charge in [-0.2, -0.15) is 0 Å². The molecule has 0 bridgehead atoms. The molecule has 0 aliphatic rings. The monoisotopic (exact) mass is 388 g/mol. The van der Waals surface area contributed by atoms with E-state index in [0.29, 0.717) is 18.2 Å². The molecule has 6 heteroatoms. The molecule has 0 aliphatic heterocycles. The van der Waals surface area contributed by atoms with Gasteiger partial charge in [0.1, 0.15) is 0 Å². The highest BCUT2D eigenvalue weighted by Gasteiger charge is 2.20. The number of hydrogen-bond donors (Lipinski definition) is 2. The van der Waals surface area contributed by atoms with Gasteiger partial charge in [0, 0.05) is 19.2 Å². The smallest absolute Gasteiger partial charge is 0.240 e. The number of nitrogens with one attached hydrogen (secondary N) is 2. The maximum absolute atomic E-state index is 12.7. The highest BCUT2D eigenvalue weighted by Crippen LogP contribution is 2.21. The summed E-state index contributed by atoms with van der Waals surface area (Å²) >= 11 is 0. The fourth-order valence-corrected chi connectivity index (χ4v) is 3.97. The Morgan fingerprint density at radius 2 is 1.74 bits per heavy atom. The first kappa shape index (κ1) is 21.1. The van der Waals surface area contributed by atoms with E-state index >= 15 is 0 Å². The molecule has 0 saturated heterocycles. The van der Waals surface area contributed by atoms with Crippen LogP contribution in [0.2, 0.25) is 0 Å². The molecule has 2 N–H and O–H groups in total. The van der Waals surface area contributed by atoms with Gasteiger partial charge in [-0.05, 0) is 48.4 Å². The Morgan fingerprint density at radius 1 is 1.07 bits per heavy atom. The Kier molecular flexibility index (Phi) is 7.16. The van der Waals surface area contributed by atoms with Crippen molar-refractivity contribution >= 4 is 21.6 Å². The van der Waals surface area contributed by atoms with Crippen molar-refractivity contribution in [3.05, 3.63) is 59.7 Å². The third kappa shape index (κ3) is 6.19. The number of carbonyl (C=O) groups excluding carboxylic acids is 1. The van der Waals surface area contributed by atoms with Crippen molar-refractivity contribution in [3.8, 4) is 0 Å². The van der Waals surface area contributed by atoms with E-state index in [1.54, 1.807) is 12.1 Å². The summed E-state index contributed by atoms with van der Waals surface area (Å²) in [4.78, 5) is 11.5. The molecular formula is C21H28N2O3S. The van der Waals surface area contributed by atoms with Crippen LogP contribution in [-0.4, -0.2) is 20.9 Å². The van der Waals surface area contributed by atoms with Crippen LogP contribution in [0.25, 0.3) is 0 Å². The topological polar surface area (TPSA) is 75.3 Å². The lowest BCUT2D eigenvalue weighted by Crippen LogP contribution is -2.32. The Hall–Kier alpha value is -2.18. The largest absolute Gasteiger partial charge is 0.326 e. The summed E-state index contributed by atoms with van der Waals surface area (Å²) in [7, 11) is -3.66. The summed E-state index contributed by atoms with van der Waals surface area (Å²) in [6.45, 7) is 7.78. The van der Waals surface area contributed by atoms with Crippen LogP contribution in [0, 0.1) is 18.8 Å². The van der Waals surface area contributed by atoms with Crippen LogP contribution in [0.5, 0.6) is 0 Å². The second-order valence-electron chi connectivity index (χ2n) is 7.20. The molecule has 27 heavy (non-hydrogen) atoms. The molecule has 1 unspecified atom stereocenters. The van der Waals surface area contributed by atoms with E-state index in [-0.39, 0.29) is 16.7 Å². The van der Waals surface area contributed by atoms with Crippen LogP contribution in [-0.2, 0) is 21.2 Å². The third-order valence-electron chi connectivity index (χ3n) is 4.65. The summed E-state index contributed by atoms with van der Waals surface area (Å²) in [5, 5.41) is 2.67. The Bertz CT molecular complexity index is 878. The molecule has 1 atom stereocenters. The minimum Gasteiger partial charge on any atom is -0.326 e. The summed E-state index contributed by atoms with van der Waals surface area (Å²) < 4.78 is 28.2. The van der Waals surface area contributed by atoms with Crippen molar-refractivity contribution in [1.29, 1.82) is 0 Å². The van der Waals surface area contributed by atoms with Crippen LogP contribution in [0.4, 0.5) is 5.69 Å². The van der Waals surface area contributed by atoms with Crippen molar-refractivity contribution in [2.75, 3.05) is 11.9 Å². The first-order valence-corrected chi connectivity index (χ1v) is 10.6. The van der Waals surface area contributed by atoms with E-state index in [2.05, 4.69) is 36.0 Å². The van der Waals surface area contributed by atoms with Crippen molar-refractivity contribution in [3.63, 3.8) is 0 Å². The third-order valence-corrected chi connectivity index (χ3v) is 6.07. The highest BCUT2D eigenvalue weighted by atomic mass is 32.2. The fourth-order valence-electron chi connectivity index (χ4n) is 2.85. The Labute approximate surface area is 162 Å². The zero-order valence-electron chi connectivity index (χ0n) is 16.3. The van der Waals surface area contributed by atoms with Crippen LogP contribution >= 0.6 is 0 Å². The summed E-state index contributed by atoms with van der Waals surface area (Å²) in [5.74, 6) is 0.284. The first-order chi connectivity index (χ1) is 12.7. The molecule has 2 rings (SSSR count). The van der Waals surface area contributed by atoms with Gasteiger partial charge in [-0.1, -0.05) is 50.2 Å². The van der Waals surface area contributed by atoms with E-state index in [4.69, 9.17) is 0 Å². The molecule has 0 radical (unpaired) electrons. The zero-order chi connectivity index (χ0) is 20.0. The maximum Gasteiger partial charge on any atom is 0.240 e. The number of hydrogen-bond acceptors (Lipinski definition) is 3. The van der Waals surface area contributed by atoms with Gasteiger partial charge in [0.2, 0.25) is 15.9 Å². The molecule has 2 aromatic rings. The molecule has 0 saturated carbocycles. The number of aryl methyl sites for hydroxylation is 1. The maximum atomic E-state index is 12.7. The van der Waals surface area contributed by atoms with Crippen LogP contribution in [0.1, 0.15) is 31.9 Å². The van der Waals surface area contributed by atoms with E-state index in [1.165, 1.54) is 18.6 Å². The van der Waals surface area contributed by atoms with Crippen LogP contribution in [0.15, 0.2) is 53.4 Å². The van der Waals surface area contributed by atoms with Crippen molar-refractivity contribution in [1.82, 2.24) is 4.72 Å². The van der Waals surface area contributed by atoms with Gasteiger partial charge in [0.05, 0.1) is 4.90 Å². The number of rotatable bonds is 8. The normalized spacial score (nSPS) is 12.8. The minimum atomic E-state index is -3.66. The van der Waals surface area contributed by atoms with E-state index < -0.39 is 10.0 Å². The van der Waals surface area contributed by atoms with Gasteiger partial charge in [0.25, 0.3) is 0 Å². The zero-order valence-corrected chi connectivity index (χ0v) is 17.1. The van der Waals surface area contributed by atoms with Gasteiger partial charge in [0.15, 0.2) is 0 Å². The molecule has 0 aliphatic carbocycles. The van der Waals surface area contributed by atoms with Gasteiger partial charge < -0.3 is 5.32 Å². The number of anilines is 1. The Balaban J connectivity index is 2.13. The van der Waals surface area contributed by atoms with Crippen molar-refractivity contribution < 1.29 is 13.2 Å². The molecule has 5 nitrogen and oxygen atoms in total.